The number of aromatic hydroxyl groups is 1. The Morgan fingerprint density at radius 1 is 0.735 bits per heavy atom. The van der Waals surface area contributed by atoms with Crippen molar-refractivity contribution in [1.82, 2.24) is 5.32 Å². The number of esters is 2. The van der Waals surface area contributed by atoms with Crippen LogP contribution in [0.15, 0.2) is 30.3 Å². The first-order valence-corrected chi connectivity index (χ1v) is 17.7. The van der Waals surface area contributed by atoms with Gasteiger partial charge >= 0.3 is 11.9 Å². The lowest BCUT2D eigenvalue weighted by Gasteiger charge is -2.30. The van der Waals surface area contributed by atoms with E-state index in [1.807, 2.05) is 41.5 Å². The summed E-state index contributed by atoms with van der Waals surface area (Å²) in [5.74, 6) is 0.927. The van der Waals surface area contributed by atoms with Gasteiger partial charge in [-0.25, -0.2) is 0 Å². The van der Waals surface area contributed by atoms with Crippen LogP contribution < -0.4 is 14.8 Å². The molecule has 1 amide bonds. The maximum Gasteiger partial charge on any atom is 0.311 e. The highest BCUT2D eigenvalue weighted by Gasteiger charge is 2.28. The van der Waals surface area contributed by atoms with E-state index in [1.54, 1.807) is 19.2 Å². The monoisotopic (exact) mass is 683 g/mol. The van der Waals surface area contributed by atoms with Gasteiger partial charge in [-0.05, 0) is 71.1 Å². The van der Waals surface area contributed by atoms with Crippen LogP contribution in [0.2, 0.25) is 0 Å². The molecule has 0 aliphatic heterocycles. The van der Waals surface area contributed by atoms with Crippen LogP contribution in [0.4, 0.5) is 0 Å². The molecule has 0 unspecified atom stereocenters. The maximum absolute atomic E-state index is 12.0. The lowest BCUT2D eigenvalue weighted by atomic mass is 9.76. The van der Waals surface area contributed by atoms with Crippen molar-refractivity contribution in [2.24, 2.45) is 0 Å². The second-order valence-corrected chi connectivity index (χ2v) is 16.1. The number of nitrogens with one attached hydrogen (secondary N) is 1. The Kier molecular flexibility index (Phi) is 16.4. The van der Waals surface area contributed by atoms with Gasteiger partial charge in [-0.3, -0.25) is 14.4 Å². The van der Waals surface area contributed by atoms with E-state index in [0.717, 1.165) is 36.1 Å². The highest BCUT2D eigenvalue weighted by molar-refractivity contribution is 5.75. The minimum absolute atomic E-state index is 0.0627. The molecule has 0 atom stereocenters. The predicted molar refractivity (Wildman–Crippen MR) is 199 cm³/mol. The van der Waals surface area contributed by atoms with Crippen molar-refractivity contribution in [3.05, 3.63) is 52.6 Å². The quantitative estimate of drug-likeness (QED) is 0.116. The number of rotatable bonds is 14. The summed E-state index contributed by atoms with van der Waals surface area (Å²) in [6.07, 6.45) is 3.96. The van der Waals surface area contributed by atoms with Crippen LogP contribution in [-0.2, 0) is 40.8 Å². The average molecular weight is 684 g/mol. The first kappa shape index (κ1) is 43.5. The second-order valence-electron chi connectivity index (χ2n) is 16.1. The fraction of sp³-hybridized carbons (Fsp3) is 0.634. The predicted octanol–water partition coefficient (Wildman–Crippen LogP) is 9.20. The van der Waals surface area contributed by atoms with E-state index in [4.69, 9.17) is 14.2 Å². The third kappa shape index (κ3) is 14.1. The summed E-state index contributed by atoms with van der Waals surface area (Å²) in [6, 6.07) is 10.1. The Balaban J connectivity index is 0.000000490. The zero-order valence-electron chi connectivity index (χ0n) is 32.9. The van der Waals surface area contributed by atoms with Gasteiger partial charge < -0.3 is 24.6 Å². The molecule has 2 N–H and O–H groups in total. The third-order valence-electron chi connectivity index (χ3n) is 9.10. The number of phenolic OH excluding ortho intramolecular Hbond substituents is 1. The summed E-state index contributed by atoms with van der Waals surface area (Å²) in [5.41, 5.74) is 3.75. The van der Waals surface area contributed by atoms with Crippen LogP contribution >= 0.6 is 0 Å². The molecule has 49 heavy (non-hydrogen) atoms. The summed E-state index contributed by atoms with van der Waals surface area (Å²) >= 11 is 0. The van der Waals surface area contributed by atoms with Crippen molar-refractivity contribution in [1.29, 1.82) is 0 Å². The minimum Gasteiger partial charge on any atom is -0.507 e. The zero-order chi connectivity index (χ0) is 37.8. The van der Waals surface area contributed by atoms with Gasteiger partial charge in [0.2, 0.25) is 5.91 Å². The van der Waals surface area contributed by atoms with Gasteiger partial charge in [-0.2, -0.15) is 0 Å². The summed E-state index contributed by atoms with van der Waals surface area (Å²) in [7, 11) is 1.67. The topological polar surface area (TPSA) is 111 Å². The number of ether oxygens (including phenoxy) is 3. The third-order valence-corrected chi connectivity index (χ3v) is 9.10. The molecule has 8 nitrogen and oxygen atoms in total. The molecule has 0 aliphatic carbocycles. The van der Waals surface area contributed by atoms with E-state index in [1.165, 1.54) is 18.1 Å². The fourth-order valence-electron chi connectivity index (χ4n) is 4.97. The number of phenols is 1. The molecule has 2 aromatic carbocycles. The second kappa shape index (κ2) is 18.4. The zero-order valence-corrected chi connectivity index (χ0v) is 32.9. The van der Waals surface area contributed by atoms with Gasteiger partial charge in [0.15, 0.2) is 0 Å². The highest BCUT2D eigenvalue weighted by atomic mass is 16.5. The number of carbonyl (C=O) groups excluding carboxylic acids is 3. The van der Waals surface area contributed by atoms with Gasteiger partial charge in [-0.15, -0.1) is 0 Å². The number of amides is 1. The molecule has 0 aliphatic rings. The standard InChI is InChI=1S/C21H35NO2.C20H30O5/c1-8-20(3,4)16-12-13-18(17(15-16)21(5,6)9-2)24-14-10-11-19(23)22-7;1-13(21)24-10-8-9-17(22)25-14-11-15(19(2,3)4)18(23)16(12-14)20(5,6)7/h12-13,15H,8-11,14H2,1-7H3,(H,22,23);11-12,23H,8-10H2,1-7H3. The molecule has 0 aromatic heterocycles. The van der Waals surface area contributed by atoms with E-state index < -0.39 is 5.97 Å². The van der Waals surface area contributed by atoms with Gasteiger partial charge in [0, 0.05) is 43.5 Å². The largest absolute Gasteiger partial charge is 0.507 e. The van der Waals surface area contributed by atoms with E-state index in [9.17, 15) is 19.5 Å². The SMILES string of the molecule is CC(=O)OCCCC(=O)Oc1cc(C(C)(C)C)c(O)c(C(C)(C)C)c1.CCC(C)(C)c1ccc(OCCCC(=O)NC)c(C(C)(C)CC)c1. The number of carbonyl (C=O) groups is 3. The molecular formula is C41H65NO7. The molecule has 0 bridgehead atoms. The van der Waals surface area contributed by atoms with Crippen molar-refractivity contribution in [3.8, 4) is 17.2 Å². The normalized spacial score (nSPS) is 12.0. The Morgan fingerprint density at radius 2 is 1.27 bits per heavy atom. The summed E-state index contributed by atoms with van der Waals surface area (Å²) in [4.78, 5) is 34.1. The molecule has 0 spiro atoms. The molecule has 0 fully saturated rings. The van der Waals surface area contributed by atoms with Crippen LogP contribution in [0.1, 0.15) is 151 Å². The van der Waals surface area contributed by atoms with Gasteiger partial charge in [0.25, 0.3) is 0 Å². The maximum atomic E-state index is 12.0. The summed E-state index contributed by atoms with van der Waals surface area (Å²) in [6.45, 7) is 27.6. The molecule has 276 valence electrons. The molecule has 0 saturated carbocycles. The van der Waals surface area contributed by atoms with Crippen molar-refractivity contribution in [2.75, 3.05) is 20.3 Å². The van der Waals surface area contributed by atoms with Gasteiger partial charge in [0.05, 0.1) is 13.2 Å². The van der Waals surface area contributed by atoms with E-state index in [2.05, 4.69) is 65.1 Å². The lowest BCUT2D eigenvalue weighted by molar-refractivity contribution is -0.142. The summed E-state index contributed by atoms with van der Waals surface area (Å²) < 4.78 is 16.3. The molecular weight excluding hydrogens is 618 g/mol. The number of benzene rings is 2. The number of hydrogen-bond acceptors (Lipinski definition) is 7. The van der Waals surface area contributed by atoms with E-state index >= 15 is 0 Å². The Bertz CT molecular complexity index is 1360. The van der Waals surface area contributed by atoms with E-state index in [-0.39, 0.29) is 52.3 Å². The minimum atomic E-state index is -0.391. The Morgan fingerprint density at radius 3 is 1.73 bits per heavy atom. The average Bonchev–Trinajstić information content (AvgIpc) is 3.01. The van der Waals surface area contributed by atoms with Crippen LogP contribution in [-0.4, -0.2) is 43.2 Å². The van der Waals surface area contributed by atoms with Crippen molar-refractivity contribution >= 4 is 17.8 Å². The van der Waals surface area contributed by atoms with Crippen molar-refractivity contribution < 1.29 is 33.7 Å². The van der Waals surface area contributed by atoms with Crippen LogP contribution in [0.5, 0.6) is 17.2 Å². The van der Waals surface area contributed by atoms with Crippen LogP contribution in [0.25, 0.3) is 0 Å². The molecule has 2 aromatic rings. The molecule has 0 radical (unpaired) electrons. The molecule has 8 heteroatoms. The lowest BCUT2D eigenvalue weighted by Crippen LogP contribution is -2.21. The Hall–Kier alpha value is -3.55. The summed E-state index contributed by atoms with van der Waals surface area (Å²) in [5, 5.41) is 13.3. The van der Waals surface area contributed by atoms with Gasteiger partial charge in [-0.1, -0.05) is 95.2 Å². The Labute approximate surface area is 296 Å². The molecule has 0 heterocycles. The number of hydrogen-bond donors (Lipinski definition) is 2. The highest BCUT2D eigenvalue weighted by Crippen LogP contribution is 2.42. The van der Waals surface area contributed by atoms with Crippen molar-refractivity contribution in [3.63, 3.8) is 0 Å². The van der Waals surface area contributed by atoms with Crippen LogP contribution in [0, 0.1) is 0 Å². The van der Waals surface area contributed by atoms with E-state index in [0.29, 0.717) is 25.2 Å². The first-order valence-electron chi connectivity index (χ1n) is 17.7. The smallest absolute Gasteiger partial charge is 0.311 e. The molecule has 2 rings (SSSR count). The fourth-order valence-corrected chi connectivity index (χ4v) is 4.97. The van der Waals surface area contributed by atoms with Gasteiger partial charge in [0.1, 0.15) is 17.2 Å². The molecule has 0 saturated heterocycles. The van der Waals surface area contributed by atoms with Crippen molar-refractivity contribution in [2.45, 2.75) is 150 Å². The van der Waals surface area contributed by atoms with Crippen LogP contribution in [0.3, 0.4) is 0 Å². The first-order chi connectivity index (χ1) is 22.5.